The standard InChI is InChI=1S/4C12H10F.2C7H8Si.2ClH.2Hf/c4*1-9-6-7-10(8-9)11-4-2-3-5-12(11)13;2*1-8-7-5-3-2-4-6-7;;;;/h4*2-5,8H,7H2,1H3;2*2-6H,1H3;2*1H;;/q4*-1;;;;;2*+2/p-2. The molecule has 0 unspecified atom stereocenters. The van der Waals surface area contributed by atoms with Crippen molar-refractivity contribution < 1.29 is 88.4 Å². The number of halogens is 6. The van der Waals surface area contributed by atoms with E-state index in [9.17, 15) is 17.6 Å². The molecule has 4 aliphatic rings. The fourth-order valence-corrected chi connectivity index (χ4v) is 12.3. The first-order valence-electron chi connectivity index (χ1n) is 23.0. The molecular formula is C62H56Cl2F4Hf2Si2-2. The normalized spacial score (nSPS) is 13.5. The predicted molar refractivity (Wildman–Crippen MR) is 281 cm³/mol. The third-order valence-electron chi connectivity index (χ3n) is 11.1. The Kier molecular flexibility index (Phi) is 28.3. The van der Waals surface area contributed by atoms with Crippen LogP contribution in [0.1, 0.15) is 75.6 Å². The first-order valence-corrected chi connectivity index (χ1v) is 37.8. The van der Waals surface area contributed by atoms with Crippen molar-refractivity contribution in [1.82, 2.24) is 0 Å². The molecule has 0 saturated heterocycles. The number of allylic oxidation sites excluding steroid dienone is 16. The maximum atomic E-state index is 13.3. The van der Waals surface area contributed by atoms with Crippen molar-refractivity contribution in [3.8, 4) is 0 Å². The molecule has 10 heteroatoms. The van der Waals surface area contributed by atoms with E-state index in [1.165, 1.54) is 70.3 Å². The van der Waals surface area contributed by atoms with Gasteiger partial charge in [0.2, 0.25) is 0 Å². The minimum absolute atomic E-state index is 0. The van der Waals surface area contributed by atoms with Gasteiger partial charge in [0.15, 0.2) is 0 Å². The van der Waals surface area contributed by atoms with Gasteiger partial charge in [-0.3, -0.25) is 24.3 Å². The summed E-state index contributed by atoms with van der Waals surface area (Å²) in [6, 6.07) is 49.0. The molecule has 364 valence electrons. The summed E-state index contributed by atoms with van der Waals surface area (Å²) in [6.07, 6.45) is 23.5. The van der Waals surface area contributed by atoms with Gasteiger partial charge in [-0.2, -0.15) is 0 Å². The third kappa shape index (κ3) is 20.6. The van der Waals surface area contributed by atoms with E-state index in [1.54, 1.807) is 58.9 Å². The summed E-state index contributed by atoms with van der Waals surface area (Å²) in [6.45, 7) is 12.7. The molecule has 0 aliphatic heterocycles. The molecule has 0 nitrogen and oxygen atoms in total. The van der Waals surface area contributed by atoms with E-state index in [4.69, 9.17) is 0 Å². The summed E-state index contributed by atoms with van der Waals surface area (Å²) < 4.78 is 53.2. The summed E-state index contributed by atoms with van der Waals surface area (Å²) in [7, 11) is 0. The second kappa shape index (κ2) is 32.8. The average Bonchev–Trinajstić information content (AvgIpc) is 4.21. The minimum atomic E-state index is -0.148. The Labute approximate surface area is 468 Å². The molecular weight excluding hydrogens is 1300 g/mol. The zero-order chi connectivity index (χ0) is 50.4. The molecule has 0 fully saturated rings. The van der Waals surface area contributed by atoms with Crippen LogP contribution >= 0.6 is 0 Å². The van der Waals surface area contributed by atoms with E-state index < -0.39 is 0 Å². The van der Waals surface area contributed by atoms with Gasteiger partial charge >= 0.3 is 141 Å². The van der Waals surface area contributed by atoms with Crippen molar-refractivity contribution >= 4 is 43.7 Å². The molecule has 6 aromatic carbocycles. The largest absolute Gasteiger partial charge is 1.00 e. The molecule has 0 radical (unpaired) electrons. The van der Waals surface area contributed by atoms with Crippen molar-refractivity contribution in [2.75, 3.05) is 0 Å². The molecule has 0 amide bonds. The second-order valence-electron chi connectivity index (χ2n) is 16.7. The monoisotopic (exact) mass is 1360 g/mol. The summed E-state index contributed by atoms with van der Waals surface area (Å²) in [5, 5.41) is 3.16. The van der Waals surface area contributed by atoms with Crippen LogP contribution in [0.3, 0.4) is 0 Å². The molecule has 0 spiro atoms. The van der Waals surface area contributed by atoms with Crippen LogP contribution in [0.15, 0.2) is 204 Å². The molecule has 0 heterocycles. The van der Waals surface area contributed by atoms with E-state index >= 15 is 0 Å². The van der Waals surface area contributed by atoms with Gasteiger partial charge in [0.05, 0.1) is 0 Å². The van der Waals surface area contributed by atoms with Crippen LogP contribution in [0.5, 0.6) is 0 Å². The van der Waals surface area contributed by atoms with Crippen molar-refractivity contribution in [2.24, 2.45) is 0 Å². The van der Waals surface area contributed by atoms with Crippen LogP contribution in [-0.2, 0) is 46.0 Å². The Morgan fingerprint density at radius 1 is 0.333 bits per heavy atom. The fraction of sp³-hybridized carbons (Fsp3) is 0.161. The molecule has 0 atom stereocenters. The Morgan fingerprint density at radius 3 is 0.681 bits per heavy atom. The van der Waals surface area contributed by atoms with Crippen LogP contribution in [0.2, 0.25) is 13.1 Å². The molecule has 4 aliphatic carbocycles. The number of rotatable bonds is 6. The van der Waals surface area contributed by atoms with Gasteiger partial charge in [0, 0.05) is 0 Å². The Morgan fingerprint density at radius 2 is 0.528 bits per heavy atom. The van der Waals surface area contributed by atoms with Gasteiger partial charge in [0.25, 0.3) is 0 Å². The zero-order valence-electron chi connectivity index (χ0n) is 41.4. The van der Waals surface area contributed by atoms with Crippen molar-refractivity contribution in [2.45, 2.75) is 66.5 Å². The van der Waals surface area contributed by atoms with Gasteiger partial charge in [-0.15, -0.1) is 48.0 Å². The SMILES string of the molecule is CC1=[C-]CC(c2ccccc2F)=C1.CC1=[C-]CC(c2ccccc2F)=C1.CC1=[C-]CC(c2ccccc2F)=C1.CC1=[C-]CC(c2ccccc2F)=C1.C[Si](=[Hf+2])c1ccccc1.C[Si](=[Hf+2])c1ccccc1.[Cl-].[Cl-]. The third-order valence-corrected chi connectivity index (χ3v) is 19.7. The Bertz CT molecular complexity index is 2660. The quantitative estimate of drug-likeness (QED) is 0.0887. The fourth-order valence-electron chi connectivity index (χ4n) is 7.35. The predicted octanol–water partition coefficient (Wildman–Crippen LogP) is 9.58. The van der Waals surface area contributed by atoms with Gasteiger partial charge in [0.1, 0.15) is 23.3 Å². The van der Waals surface area contributed by atoms with E-state index in [0.717, 1.165) is 70.3 Å². The second-order valence-corrected chi connectivity index (χ2v) is 36.5. The number of benzene rings is 6. The van der Waals surface area contributed by atoms with E-state index in [-0.39, 0.29) is 59.1 Å². The maximum Gasteiger partial charge on any atom is -1.00 e. The Hall–Kier alpha value is -4.29. The van der Waals surface area contributed by atoms with E-state index in [2.05, 4.69) is 98.1 Å². The molecule has 0 N–H and O–H groups in total. The smallest absolute Gasteiger partial charge is 1.00 e. The van der Waals surface area contributed by atoms with Crippen LogP contribution in [-0.4, -0.2) is 11.0 Å². The molecule has 0 bridgehead atoms. The van der Waals surface area contributed by atoms with Crippen molar-refractivity contribution in [3.63, 3.8) is 0 Å². The topological polar surface area (TPSA) is 0 Å². The Balaban J connectivity index is 0.000000228. The summed E-state index contributed by atoms with van der Waals surface area (Å²) >= 11 is 2.72. The van der Waals surface area contributed by atoms with Crippen LogP contribution in [0, 0.1) is 47.6 Å². The summed E-state index contributed by atoms with van der Waals surface area (Å²) in [5.41, 5.74) is 11.1. The first-order chi connectivity index (χ1) is 33.7. The maximum absolute atomic E-state index is 13.3. The van der Waals surface area contributed by atoms with Gasteiger partial charge in [-0.25, -0.2) is 64.2 Å². The van der Waals surface area contributed by atoms with Crippen LogP contribution in [0.4, 0.5) is 17.6 Å². The first kappa shape index (κ1) is 62.0. The summed E-state index contributed by atoms with van der Waals surface area (Å²) in [5.74, 6) is -0.592. The van der Waals surface area contributed by atoms with Crippen LogP contribution in [0.25, 0.3) is 22.3 Å². The minimum Gasteiger partial charge on any atom is -1.00 e. The average molecular weight is 1360 g/mol. The molecule has 6 aromatic rings. The summed E-state index contributed by atoms with van der Waals surface area (Å²) in [4.78, 5) is 0. The number of hydrogen-bond donors (Lipinski definition) is 0. The molecule has 72 heavy (non-hydrogen) atoms. The van der Waals surface area contributed by atoms with Crippen molar-refractivity contribution in [1.29, 1.82) is 0 Å². The van der Waals surface area contributed by atoms with Gasteiger partial charge < -0.3 is 24.8 Å². The molecule has 0 aromatic heterocycles. The van der Waals surface area contributed by atoms with Gasteiger partial charge in [-0.1, -0.05) is 100 Å². The molecule has 10 rings (SSSR count). The van der Waals surface area contributed by atoms with Gasteiger partial charge in [-0.05, 0) is 46.5 Å². The van der Waals surface area contributed by atoms with Crippen molar-refractivity contribution in [3.05, 3.63) is 274 Å². The molecule has 0 saturated carbocycles. The van der Waals surface area contributed by atoms with Crippen LogP contribution < -0.4 is 35.2 Å². The number of hydrogen-bond acceptors (Lipinski definition) is 0. The van der Waals surface area contributed by atoms with E-state index in [1.807, 2.05) is 76.3 Å². The van der Waals surface area contributed by atoms with E-state index in [0.29, 0.717) is 22.3 Å². The zero-order valence-corrected chi connectivity index (χ0v) is 52.1.